The molecule has 2 heterocycles. The van der Waals surface area contributed by atoms with E-state index in [1.807, 2.05) is 18.2 Å². The van der Waals surface area contributed by atoms with Crippen LogP contribution >= 0.6 is 0 Å². The Morgan fingerprint density at radius 1 is 1.12 bits per heavy atom. The minimum absolute atomic E-state index is 0.0337. The molecule has 3 aromatic rings. The Morgan fingerprint density at radius 3 is 2.74 bits per heavy atom. The third-order valence-corrected chi connectivity index (χ3v) is 5.28. The summed E-state index contributed by atoms with van der Waals surface area (Å²) >= 11 is 0. The molecular formula is C25H26N4O5. The van der Waals surface area contributed by atoms with Crippen LogP contribution in [0.25, 0.3) is 5.69 Å². The molecule has 2 amide bonds. The maximum Gasteiger partial charge on any atom is 0.358 e. The zero-order chi connectivity index (χ0) is 23.9. The second-order valence-electron chi connectivity index (χ2n) is 7.78. The zero-order valence-electron chi connectivity index (χ0n) is 18.9. The molecular weight excluding hydrogens is 436 g/mol. The van der Waals surface area contributed by atoms with Crippen LogP contribution < -0.4 is 15.4 Å². The monoisotopic (exact) mass is 462 g/mol. The van der Waals surface area contributed by atoms with Crippen LogP contribution in [0.2, 0.25) is 0 Å². The van der Waals surface area contributed by atoms with Crippen LogP contribution in [-0.4, -0.2) is 40.8 Å². The van der Waals surface area contributed by atoms with E-state index in [2.05, 4.69) is 15.7 Å². The molecule has 0 saturated heterocycles. The molecule has 1 aromatic heterocycles. The van der Waals surface area contributed by atoms with Crippen molar-refractivity contribution in [2.24, 2.45) is 0 Å². The van der Waals surface area contributed by atoms with Crippen molar-refractivity contribution in [2.75, 3.05) is 23.8 Å². The first-order chi connectivity index (χ1) is 16.5. The van der Waals surface area contributed by atoms with E-state index in [1.165, 1.54) is 0 Å². The predicted octanol–water partition coefficient (Wildman–Crippen LogP) is 3.73. The summed E-state index contributed by atoms with van der Waals surface area (Å²) in [7, 11) is 0. The fourth-order valence-corrected chi connectivity index (χ4v) is 3.57. The number of benzene rings is 2. The van der Waals surface area contributed by atoms with E-state index in [4.69, 9.17) is 9.47 Å². The van der Waals surface area contributed by atoms with Crippen LogP contribution in [0.4, 0.5) is 11.4 Å². The smallest absolute Gasteiger partial charge is 0.358 e. The van der Waals surface area contributed by atoms with Crippen LogP contribution in [0.1, 0.15) is 42.2 Å². The van der Waals surface area contributed by atoms with Crippen molar-refractivity contribution in [1.29, 1.82) is 0 Å². The van der Waals surface area contributed by atoms with Crippen molar-refractivity contribution in [3.8, 4) is 11.4 Å². The average molecular weight is 463 g/mol. The Hall–Kier alpha value is -4.14. The van der Waals surface area contributed by atoms with Crippen LogP contribution in [0.3, 0.4) is 0 Å². The van der Waals surface area contributed by atoms with Gasteiger partial charge in [0.15, 0.2) is 5.69 Å². The van der Waals surface area contributed by atoms with E-state index in [-0.39, 0.29) is 17.5 Å². The van der Waals surface area contributed by atoms with E-state index >= 15 is 0 Å². The normalized spacial score (nSPS) is 12.4. The number of carbonyl (C=O) groups excluding carboxylic acids is 3. The summed E-state index contributed by atoms with van der Waals surface area (Å²) in [5.74, 6) is 0.199. The lowest BCUT2D eigenvalue weighted by molar-refractivity contribution is -0.117. The highest BCUT2D eigenvalue weighted by molar-refractivity contribution is 5.94. The van der Waals surface area contributed by atoms with Gasteiger partial charge in [-0.1, -0.05) is 0 Å². The van der Waals surface area contributed by atoms with Crippen molar-refractivity contribution in [3.63, 3.8) is 0 Å². The lowest BCUT2D eigenvalue weighted by atomic mass is 10.0. The highest BCUT2D eigenvalue weighted by atomic mass is 16.5. The Kier molecular flexibility index (Phi) is 7.22. The summed E-state index contributed by atoms with van der Waals surface area (Å²) in [6.45, 7) is 2.45. The molecule has 4 rings (SSSR count). The van der Waals surface area contributed by atoms with E-state index in [0.29, 0.717) is 44.6 Å². The van der Waals surface area contributed by atoms with Gasteiger partial charge in [0.2, 0.25) is 11.8 Å². The van der Waals surface area contributed by atoms with Gasteiger partial charge in [-0.05, 0) is 73.9 Å². The number of carbonyl (C=O) groups is 3. The molecule has 0 spiro atoms. The maximum absolute atomic E-state index is 12.3. The summed E-state index contributed by atoms with van der Waals surface area (Å²) in [5.41, 5.74) is 3.56. The van der Waals surface area contributed by atoms with Gasteiger partial charge in [-0.2, -0.15) is 5.10 Å². The van der Waals surface area contributed by atoms with Gasteiger partial charge in [0.05, 0.1) is 18.9 Å². The Morgan fingerprint density at radius 2 is 1.94 bits per heavy atom. The van der Waals surface area contributed by atoms with Crippen LogP contribution in [0.15, 0.2) is 54.7 Å². The van der Waals surface area contributed by atoms with E-state index in [0.717, 1.165) is 22.7 Å². The second kappa shape index (κ2) is 10.7. The number of anilines is 2. The molecule has 34 heavy (non-hydrogen) atoms. The predicted molar refractivity (Wildman–Crippen MR) is 126 cm³/mol. The first-order valence-electron chi connectivity index (χ1n) is 11.2. The number of fused-ring (bicyclic) bond motifs is 1. The molecule has 2 N–H and O–H groups in total. The molecule has 0 fully saturated rings. The molecule has 0 radical (unpaired) electrons. The quantitative estimate of drug-likeness (QED) is 0.370. The van der Waals surface area contributed by atoms with E-state index in [9.17, 15) is 14.4 Å². The fourth-order valence-electron chi connectivity index (χ4n) is 3.57. The number of amides is 2. The highest BCUT2D eigenvalue weighted by Gasteiger charge is 2.15. The topological polar surface area (TPSA) is 112 Å². The Labute approximate surface area is 197 Å². The van der Waals surface area contributed by atoms with Gasteiger partial charge in [-0.15, -0.1) is 0 Å². The number of rotatable bonds is 9. The Balaban J connectivity index is 1.21. The molecule has 176 valence electrons. The van der Waals surface area contributed by atoms with Crippen LogP contribution in [0, 0.1) is 0 Å². The molecule has 9 nitrogen and oxygen atoms in total. The van der Waals surface area contributed by atoms with Crippen molar-refractivity contribution in [2.45, 2.75) is 32.6 Å². The van der Waals surface area contributed by atoms with Gasteiger partial charge in [0.25, 0.3) is 0 Å². The van der Waals surface area contributed by atoms with Crippen LogP contribution in [0.5, 0.6) is 5.75 Å². The molecule has 0 atom stereocenters. The van der Waals surface area contributed by atoms with Crippen LogP contribution in [-0.2, 0) is 20.7 Å². The maximum atomic E-state index is 12.3. The fraction of sp³-hybridized carbons (Fsp3) is 0.280. The lowest BCUT2D eigenvalue weighted by Crippen LogP contribution is -2.18. The van der Waals surface area contributed by atoms with Gasteiger partial charge < -0.3 is 20.1 Å². The first-order valence-corrected chi connectivity index (χ1v) is 11.2. The molecule has 1 aliphatic heterocycles. The van der Waals surface area contributed by atoms with Crippen molar-refractivity contribution >= 4 is 29.2 Å². The third-order valence-electron chi connectivity index (χ3n) is 5.28. The molecule has 2 aromatic carbocycles. The van der Waals surface area contributed by atoms with Crippen molar-refractivity contribution in [3.05, 3.63) is 66.0 Å². The molecule has 0 saturated carbocycles. The molecule has 0 unspecified atom stereocenters. The number of nitrogens with zero attached hydrogens (tertiary/aromatic N) is 2. The lowest BCUT2D eigenvalue weighted by Gasteiger charge is -2.17. The number of nitrogens with one attached hydrogen (secondary N) is 2. The highest BCUT2D eigenvalue weighted by Crippen LogP contribution is 2.27. The number of hydrogen-bond acceptors (Lipinski definition) is 6. The van der Waals surface area contributed by atoms with E-state index < -0.39 is 5.97 Å². The number of esters is 1. The van der Waals surface area contributed by atoms with Gasteiger partial charge >= 0.3 is 5.97 Å². The zero-order valence-corrected chi connectivity index (χ0v) is 18.9. The van der Waals surface area contributed by atoms with Gasteiger partial charge in [-0.25, -0.2) is 9.48 Å². The summed E-state index contributed by atoms with van der Waals surface area (Å²) in [5, 5.41) is 9.92. The van der Waals surface area contributed by atoms with Crippen molar-refractivity contribution in [1.82, 2.24) is 9.78 Å². The number of aromatic nitrogens is 2. The molecule has 9 heteroatoms. The number of hydrogen-bond donors (Lipinski definition) is 2. The molecule has 0 bridgehead atoms. The second-order valence-corrected chi connectivity index (χ2v) is 7.78. The standard InChI is InChI=1S/C25H26N4O5/c1-2-33-25(32)22-13-14-29(28-22)19-8-6-18(7-9-19)26-23(30)4-3-15-34-20-10-11-21-17(16-20)5-12-24(31)27-21/h6-11,13-14,16H,2-5,12,15H2,1H3,(H,26,30)(H,27,31). The minimum atomic E-state index is -0.464. The number of aryl methyl sites for hydroxylation is 1. The molecule has 1 aliphatic rings. The summed E-state index contributed by atoms with van der Waals surface area (Å²) < 4.78 is 12.3. The third kappa shape index (κ3) is 5.80. The van der Waals surface area contributed by atoms with Gasteiger partial charge in [0, 0.05) is 30.4 Å². The number of ether oxygens (including phenoxy) is 2. The summed E-state index contributed by atoms with van der Waals surface area (Å²) in [4.78, 5) is 35.5. The summed E-state index contributed by atoms with van der Waals surface area (Å²) in [6.07, 6.45) is 3.76. The van der Waals surface area contributed by atoms with E-state index in [1.54, 1.807) is 48.1 Å². The van der Waals surface area contributed by atoms with Crippen molar-refractivity contribution < 1.29 is 23.9 Å². The minimum Gasteiger partial charge on any atom is -0.494 e. The average Bonchev–Trinajstić information content (AvgIpc) is 3.33. The molecule has 0 aliphatic carbocycles. The SMILES string of the molecule is CCOC(=O)c1ccn(-c2ccc(NC(=O)CCCOc3ccc4c(c3)CCC(=O)N4)cc2)n1. The van der Waals surface area contributed by atoms with Gasteiger partial charge in [0.1, 0.15) is 5.75 Å². The first kappa shape index (κ1) is 23.0. The largest absolute Gasteiger partial charge is 0.494 e. The van der Waals surface area contributed by atoms with Gasteiger partial charge in [-0.3, -0.25) is 9.59 Å². The Bertz CT molecular complexity index is 1190. The summed E-state index contributed by atoms with van der Waals surface area (Å²) in [6, 6.07) is 14.4.